The van der Waals surface area contributed by atoms with Crippen molar-refractivity contribution in [3.05, 3.63) is 217 Å². The van der Waals surface area contributed by atoms with E-state index in [1.54, 1.807) is 143 Å². The molecule has 15 rings (SSSR count). The highest BCUT2D eigenvalue weighted by molar-refractivity contribution is 7.09. The van der Waals surface area contributed by atoms with Crippen molar-refractivity contribution in [1.82, 2.24) is 70.9 Å². The van der Waals surface area contributed by atoms with Crippen LogP contribution in [0.25, 0.3) is 54.5 Å². The third-order valence-electron chi connectivity index (χ3n) is 18.0. The minimum Gasteiger partial charge on any atom is -0.497 e. The topological polar surface area (TPSA) is 475 Å². The summed E-state index contributed by atoms with van der Waals surface area (Å²) in [7, 11) is 14.2. The van der Waals surface area contributed by atoms with Crippen LogP contribution in [-0.4, -0.2) is 198 Å². The summed E-state index contributed by atoms with van der Waals surface area (Å²) >= 11 is 3.28. The lowest BCUT2D eigenvalue weighted by Crippen LogP contribution is -2.23. The molecule has 0 radical (unpaired) electrons. The smallest absolute Gasteiger partial charge is 0.396 e. The standard InChI is InChI=1S/C20H21N3O7.C20H21N3O6S.C15H13N3O4S.C14H10FN3O3S.C13H8FN3O3S/c1-20(2,3)19(26)29-10-23-9-13(12-8-11(27-4)6-7-14(12)23)15(24)16-21-22-17(30-16)18(25)28-5;1-20(2,3)19(26)29-10-23-9-13(12-8-11(27-4)6-7-14(12)23)15(24)17-21-16(22-30-17)18(25)28-5;1-18-7-10(9-6-8(21-2)4-5-11(9)18)12(19)14-16-13(17-23-14)15(20)22-3;1-18-6-9(8-5-7(15)3-4-10(8)18)11(19)13-16-12(17-22-13)14(20)21-2;1-20-13(19)11-16-12(21-17-11)10(18)8-5-15-9-3-2-6(14)4-7(8)9/h2*6-9H,10H2,1-5H3;4-7H,1-3H3;3-6H,1-2H3;2-5,15H,1H3. The van der Waals surface area contributed by atoms with Crippen molar-refractivity contribution in [2.24, 2.45) is 24.9 Å². The van der Waals surface area contributed by atoms with Crippen LogP contribution < -0.4 is 14.2 Å². The monoisotopic (exact) mass is 1800 g/mol. The molecule has 0 aliphatic heterocycles. The number of hydrogen-bond acceptors (Lipinski definition) is 37. The quantitative estimate of drug-likeness (QED) is 0.0374. The van der Waals surface area contributed by atoms with E-state index in [2.05, 4.69) is 76.3 Å². The number of esters is 7. The fourth-order valence-corrected chi connectivity index (χ4v) is 14.0. The lowest BCUT2D eigenvalue weighted by molar-refractivity contribution is -0.157. The van der Waals surface area contributed by atoms with Gasteiger partial charge in [0.1, 0.15) is 28.9 Å². The molecule has 0 aliphatic carbocycles. The van der Waals surface area contributed by atoms with E-state index in [1.807, 2.05) is 23.7 Å². The predicted molar refractivity (Wildman–Crippen MR) is 446 cm³/mol. The van der Waals surface area contributed by atoms with Gasteiger partial charge in [-0.1, -0.05) is 0 Å². The molecule has 126 heavy (non-hydrogen) atoms. The SMILES string of the molecule is COC(=O)c1nnc(C(=O)c2cn(COC(=O)C(C)(C)C)c3ccc(OC)cc23)o1.COC(=O)c1nsc(C(=O)c2c[nH]c3ccc(F)cc23)n1.COC(=O)c1nsc(C(=O)c2cn(C)c3ccc(F)cc23)n1.COC(=O)c1nsc(C(=O)c2cn(C)c3ccc(OC)cc23)n1.COC(=O)c1nsc(C(=O)c2cn(COC(=O)C(C)(C)C)c3ccc(OC)cc23)n1. The highest BCUT2D eigenvalue weighted by Gasteiger charge is 2.32. The van der Waals surface area contributed by atoms with Crippen LogP contribution in [-0.2, 0) is 70.3 Å². The van der Waals surface area contributed by atoms with Gasteiger partial charge in [0, 0.05) is 88.6 Å². The summed E-state index contributed by atoms with van der Waals surface area (Å²) < 4.78 is 103. The first-order chi connectivity index (χ1) is 59.9. The molecular weight excluding hydrogens is 1730 g/mol. The summed E-state index contributed by atoms with van der Waals surface area (Å²) in [5.41, 5.74) is 3.86. The van der Waals surface area contributed by atoms with Crippen LogP contribution in [0.4, 0.5) is 8.78 Å². The van der Waals surface area contributed by atoms with E-state index >= 15 is 0 Å². The maximum Gasteiger partial charge on any atom is 0.396 e. The van der Waals surface area contributed by atoms with Gasteiger partial charge in [-0.3, -0.25) is 33.6 Å². The number of carbonyl (C=O) groups excluding carboxylic acids is 12. The van der Waals surface area contributed by atoms with E-state index in [9.17, 15) is 66.3 Å². The van der Waals surface area contributed by atoms with E-state index in [1.165, 1.54) is 79.3 Å². The number of aryl methyl sites for hydroxylation is 2. The lowest BCUT2D eigenvalue weighted by atomic mass is 9.97. The summed E-state index contributed by atoms with van der Waals surface area (Å²) in [6.45, 7) is 10.4. The molecule has 0 unspecified atom stereocenters. The van der Waals surface area contributed by atoms with Crippen molar-refractivity contribution in [2.45, 2.75) is 55.0 Å². The minimum absolute atomic E-state index is 0.0422. The number of halogens is 2. The van der Waals surface area contributed by atoms with Crippen molar-refractivity contribution in [1.29, 1.82) is 0 Å². The molecule has 5 aromatic carbocycles. The minimum atomic E-state index is -0.847. The van der Waals surface area contributed by atoms with E-state index in [4.69, 9.17) is 28.1 Å². The van der Waals surface area contributed by atoms with Crippen LogP contribution in [0.1, 0.15) is 172 Å². The Bertz CT molecular complexity index is 6590. The number of aromatic nitrogens is 15. The highest BCUT2D eigenvalue weighted by Crippen LogP contribution is 2.34. The van der Waals surface area contributed by atoms with Gasteiger partial charge in [-0.05, 0) is 179 Å². The van der Waals surface area contributed by atoms with Crippen LogP contribution in [0.2, 0.25) is 0 Å². The molecule has 0 atom stereocenters. The first kappa shape index (κ1) is 91.8. The molecule has 0 fully saturated rings. The maximum absolute atomic E-state index is 13.4. The molecule has 10 aromatic heterocycles. The number of aromatic amines is 1. The summed E-state index contributed by atoms with van der Waals surface area (Å²) in [5.74, 6) is -7.10. The number of methoxy groups -OCH3 is 8. The van der Waals surface area contributed by atoms with Crippen molar-refractivity contribution >= 4 is 171 Å². The van der Waals surface area contributed by atoms with Crippen molar-refractivity contribution in [2.75, 3.05) is 56.9 Å². The van der Waals surface area contributed by atoms with Gasteiger partial charge in [-0.15, -0.1) is 10.2 Å². The second-order valence-electron chi connectivity index (χ2n) is 28.4. The zero-order valence-electron chi connectivity index (χ0n) is 69.5. The number of ketones is 5. The molecule has 44 heteroatoms. The van der Waals surface area contributed by atoms with Crippen LogP contribution in [0, 0.1) is 22.5 Å². The number of ether oxygens (including phenoxy) is 10. The second-order valence-corrected chi connectivity index (χ2v) is 31.4. The van der Waals surface area contributed by atoms with Gasteiger partial charge in [0.15, 0.2) is 33.5 Å². The number of fused-ring (bicyclic) bond motifs is 5. The van der Waals surface area contributed by atoms with Crippen molar-refractivity contribution in [3.8, 4) is 17.2 Å². The Balaban J connectivity index is 0.000000154. The Hall–Kier alpha value is -14.9. The molecule has 0 amide bonds. The van der Waals surface area contributed by atoms with Crippen molar-refractivity contribution in [3.63, 3.8) is 0 Å². The van der Waals surface area contributed by atoms with Crippen LogP contribution >= 0.6 is 46.1 Å². The highest BCUT2D eigenvalue weighted by atomic mass is 32.1. The Labute approximate surface area is 726 Å². The van der Waals surface area contributed by atoms with Crippen LogP contribution in [0.5, 0.6) is 17.2 Å². The molecule has 0 aliphatic rings. The number of nitrogens with zero attached hydrogens (tertiary/aromatic N) is 14. The predicted octanol–water partition coefficient (Wildman–Crippen LogP) is 12.1. The first-order valence-electron chi connectivity index (χ1n) is 36.6. The average molecular weight is 1800 g/mol. The second kappa shape index (κ2) is 39.1. The number of nitrogens with one attached hydrogen (secondary N) is 1. The number of H-pyrrole nitrogens is 1. The molecule has 1 N–H and O–H groups in total. The normalized spacial score (nSPS) is 11.1. The zero-order valence-corrected chi connectivity index (χ0v) is 72.8. The fraction of sp³-hybridized carbons (Fsp3) is 0.244. The van der Waals surface area contributed by atoms with E-state index in [-0.39, 0.29) is 91.5 Å². The Morgan fingerprint density at radius 1 is 0.381 bits per heavy atom. The van der Waals surface area contributed by atoms with E-state index in [0.717, 1.165) is 69.7 Å². The number of benzene rings is 5. The first-order valence-corrected chi connectivity index (χ1v) is 39.7. The fourth-order valence-electron chi connectivity index (χ4n) is 11.6. The molecule has 10 heterocycles. The lowest BCUT2D eigenvalue weighted by Gasteiger charge is -2.17. The van der Waals surface area contributed by atoms with Gasteiger partial charge in [-0.25, -0.2) is 52.7 Å². The summed E-state index contributed by atoms with van der Waals surface area (Å²) in [6.07, 6.45) is 7.91. The van der Waals surface area contributed by atoms with Gasteiger partial charge < -0.3 is 75.0 Å². The van der Waals surface area contributed by atoms with E-state index in [0.29, 0.717) is 72.0 Å². The summed E-state index contributed by atoms with van der Waals surface area (Å²) in [6, 6.07) is 24.2. The van der Waals surface area contributed by atoms with Gasteiger partial charge in [0.2, 0.25) is 23.1 Å². The average Bonchev–Trinajstić information content (AvgIpc) is 1.55. The molecule has 0 bridgehead atoms. The molecule has 652 valence electrons. The Morgan fingerprint density at radius 2 is 0.698 bits per heavy atom. The molecule has 0 saturated heterocycles. The molecule has 15 aromatic rings. The van der Waals surface area contributed by atoms with E-state index < -0.39 is 81.3 Å². The molecule has 38 nitrogen and oxygen atoms in total. The summed E-state index contributed by atoms with van der Waals surface area (Å²) in [4.78, 5) is 164. The number of carbonyl (C=O) groups is 12. The third kappa shape index (κ3) is 20.4. The number of hydrogen-bond donors (Lipinski definition) is 1. The Kier molecular flexibility index (Phi) is 28.5. The number of rotatable bonds is 22. The van der Waals surface area contributed by atoms with Gasteiger partial charge in [0.05, 0.1) is 107 Å². The Morgan fingerprint density at radius 3 is 1.07 bits per heavy atom. The molecular formula is C82H73F2N15O23S4. The van der Waals surface area contributed by atoms with Crippen LogP contribution in [0.15, 0.2) is 126 Å². The van der Waals surface area contributed by atoms with Gasteiger partial charge in [0.25, 0.3) is 35.0 Å². The van der Waals surface area contributed by atoms with Gasteiger partial charge >= 0.3 is 47.7 Å². The molecule has 0 saturated carbocycles. The largest absolute Gasteiger partial charge is 0.497 e. The zero-order chi connectivity index (χ0) is 91.5. The third-order valence-corrected chi connectivity index (χ3v) is 20.9. The summed E-state index contributed by atoms with van der Waals surface area (Å²) in [5, 5.41) is 10.3. The van der Waals surface area contributed by atoms with Crippen LogP contribution in [0.3, 0.4) is 0 Å². The van der Waals surface area contributed by atoms with Gasteiger partial charge in [-0.2, -0.15) is 17.5 Å². The maximum atomic E-state index is 13.4. The molecule has 0 spiro atoms. The van der Waals surface area contributed by atoms with Crippen molar-refractivity contribution < 1.29 is 118 Å².